The number of aromatic hydroxyl groups is 1. The second kappa shape index (κ2) is 9.88. The summed E-state index contributed by atoms with van der Waals surface area (Å²) < 4.78 is 0. The number of rotatable bonds is 3. The van der Waals surface area contributed by atoms with Crippen molar-refractivity contribution in [1.29, 1.82) is 0 Å². The maximum absolute atomic E-state index is 9.58. The Hall–Kier alpha value is -2.89. The minimum Gasteiger partial charge on any atom is -0.508 e. The van der Waals surface area contributed by atoms with E-state index < -0.39 is 7.92 Å². The lowest BCUT2D eigenvalue weighted by molar-refractivity contribution is 0.475. The zero-order chi connectivity index (χ0) is 19.8. The topological polar surface area (TPSA) is 20.2 Å². The van der Waals surface area contributed by atoms with E-state index in [4.69, 9.17) is 0 Å². The van der Waals surface area contributed by atoms with Gasteiger partial charge in [0.05, 0.1) is 0 Å². The zero-order valence-corrected chi connectivity index (χ0v) is 17.2. The molecule has 0 atom stereocenters. The number of hydrogen-bond donors (Lipinski definition) is 1. The molecule has 0 aliphatic carbocycles. The van der Waals surface area contributed by atoms with Crippen LogP contribution in [0.15, 0.2) is 109 Å². The molecule has 0 saturated heterocycles. The fourth-order valence-corrected chi connectivity index (χ4v) is 5.45. The maximum atomic E-state index is 9.58. The first-order chi connectivity index (χ1) is 13.6. The largest absolute Gasteiger partial charge is 0.508 e. The highest BCUT2D eigenvalue weighted by atomic mass is 31.1. The van der Waals surface area contributed by atoms with Crippen molar-refractivity contribution in [3.05, 3.63) is 120 Å². The molecular weight excluding hydrogens is 359 g/mol. The molecule has 0 amide bonds. The van der Waals surface area contributed by atoms with Crippen LogP contribution in [0.25, 0.3) is 0 Å². The minimum atomic E-state index is -0.602. The van der Waals surface area contributed by atoms with E-state index in [-0.39, 0.29) is 0 Å². The molecular formula is C26H25OP. The van der Waals surface area contributed by atoms with Crippen LogP contribution in [-0.4, -0.2) is 5.11 Å². The second-order valence-corrected chi connectivity index (χ2v) is 8.90. The Balaban J connectivity index is 0.000000320. The third kappa shape index (κ3) is 5.55. The van der Waals surface area contributed by atoms with Gasteiger partial charge >= 0.3 is 0 Å². The monoisotopic (exact) mass is 384 g/mol. The molecule has 0 heterocycles. The van der Waals surface area contributed by atoms with Gasteiger partial charge in [-0.15, -0.1) is 0 Å². The molecule has 0 bridgehead atoms. The van der Waals surface area contributed by atoms with E-state index in [1.165, 1.54) is 27.0 Å². The Morgan fingerprint density at radius 3 is 1.32 bits per heavy atom. The van der Waals surface area contributed by atoms with Crippen LogP contribution in [0.2, 0.25) is 0 Å². The van der Waals surface area contributed by atoms with Crippen LogP contribution in [0.3, 0.4) is 0 Å². The van der Waals surface area contributed by atoms with Gasteiger partial charge in [-0.1, -0.05) is 108 Å². The maximum Gasteiger partial charge on any atom is 0.115 e. The Bertz CT molecular complexity index is 922. The van der Waals surface area contributed by atoms with Gasteiger partial charge in [-0.05, 0) is 49.8 Å². The lowest BCUT2D eigenvalue weighted by Gasteiger charge is -2.20. The fraction of sp³-hybridized carbons (Fsp3) is 0.0769. The van der Waals surface area contributed by atoms with Crippen LogP contribution in [0.5, 0.6) is 5.75 Å². The predicted molar refractivity (Wildman–Crippen MR) is 123 cm³/mol. The molecule has 4 rings (SSSR count). The summed E-state index contributed by atoms with van der Waals surface area (Å²) >= 11 is 0. The Kier molecular flexibility index (Phi) is 7.00. The van der Waals surface area contributed by atoms with Crippen molar-refractivity contribution in [2.24, 2.45) is 0 Å². The van der Waals surface area contributed by atoms with E-state index in [0.29, 0.717) is 5.75 Å². The summed E-state index contributed by atoms with van der Waals surface area (Å²) in [6, 6.07) is 37.0. The van der Waals surface area contributed by atoms with Crippen molar-refractivity contribution in [3.8, 4) is 5.75 Å². The highest BCUT2D eigenvalue weighted by Crippen LogP contribution is 2.33. The third-order valence-corrected chi connectivity index (χ3v) is 6.70. The van der Waals surface area contributed by atoms with Gasteiger partial charge in [-0.2, -0.15) is 0 Å². The van der Waals surface area contributed by atoms with Crippen LogP contribution >= 0.6 is 7.92 Å². The summed E-state index contributed by atoms with van der Waals surface area (Å²) in [5, 5.41) is 13.5. The molecule has 0 aromatic heterocycles. The predicted octanol–water partition coefficient (Wildman–Crippen LogP) is 5.45. The average Bonchev–Trinajstić information content (AvgIpc) is 2.72. The second-order valence-electron chi connectivity index (χ2n) is 6.68. The van der Waals surface area contributed by atoms with Crippen molar-refractivity contribution >= 4 is 23.8 Å². The lowest BCUT2D eigenvalue weighted by atomic mass is 10.2. The van der Waals surface area contributed by atoms with Gasteiger partial charge in [-0.25, -0.2) is 0 Å². The molecule has 0 radical (unpaired) electrons. The van der Waals surface area contributed by atoms with Gasteiger partial charge in [0.15, 0.2) is 0 Å². The van der Waals surface area contributed by atoms with Crippen molar-refractivity contribution in [2.45, 2.75) is 13.8 Å². The van der Waals surface area contributed by atoms with Gasteiger partial charge in [-0.3, -0.25) is 0 Å². The lowest BCUT2D eigenvalue weighted by Crippen LogP contribution is -2.20. The first-order valence-corrected chi connectivity index (χ1v) is 10.7. The van der Waals surface area contributed by atoms with Crippen LogP contribution in [0, 0.1) is 13.8 Å². The van der Waals surface area contributed by atoms with Crippen LogP contribution in [0.4, 0.5) is 0 Å². The molecule has 4 aromatic rings. The standard InChI is InChI=1S/C20H19OP.C6H6/c1-15-5-3-7-19(13-15)22(18-11-9-17(21)10-12-18)20-8-4-6-16(2)14-20;1-2-4-6-5-3-1/h3-14,21H,1-2H3;1-6H. The summed E-state index contributed by atoms with van der Waals surface area (Å²) in [5.74, 6) is 0.312. The zero-order valence-electron chi connectivity index (χ0n) is 16.3. The van der Waals surface area contributed by atoms with Crippen LogP contribution < -0.4 is 15.9 Å². The van der Waals surface area contributed by atoms with Gasteiger partial charge in [0.1, 0.15) is 5.75 Å². The smallest absolute Gasteiger partial charge is 0.115 e. The molecule has 0 saturated carbocycles. The molecule has 0 unspecified atom stereocenters. The Morgan fingerprint density at radius 2 is 0.929 bits per heavy atom. The average molecular weight is 384 g/mol. The van der Waals surface area contributed by atoms with E-state index in [2.05, 4.69) is 62.4 Å². The van der Waals surface area contributed by atoms with Crippen molar-refractivity contribution < 1.29 is 5.11 Å². The van der Waals surface area contributed by atoms with E-state index in [1.807, 2.05) is 48.5 Å². The molecule has 4 aromatic carbocycles. The van der Waals surface area contributed by atoms with Crippen molar-refractivity contribution in [3.63, 3.8) is 0 Å². The SMILES string of the molecule is Cc1cccc(P(c2ccc(O)cc2)c2cccc(C)c2)c1.c1ccccc1. The minimum absolute atomic E-state index is 0.312. The van der Waals surface area contributed by atoms with E-state index in [9.17, 15) is 5.11 Å². The number of hydrogen-bond acceptors (Lipinski definition) is 1. The number of phenols is 1. The molecule has 1 nitrogen and oxygen atoms in total. The highest BCUT2D eigenvalue weighted by molar-refractivity contribution is 7.79. The van der Waals surface area contributed by atoms with Crippen LogP contribution in [0.1, 0.15) is 11.1 Å². The van der Waals surface area contributed by atoms with Gasteiger partial charge < -0.3 is 5.11 Å². The molecule has 0 spiro atoms. The quantitative estimate of drug-likeness (QED) is 0.466. The summed E-state index contributed by atoms with van der Waals surface area (Å²) in [4.78, 5) is 0. The summed E-state index contributed by atoms with van der Waals surface area (Å²) in [7, 11) is -0.602. The molecule has 140 valence electrons. The molecule has 1 N–H and O–H groups in total. The van der Waals surface area contributed by atoms with Crippen LogP contribution in [-0.2, 0) is 0 Å². The highest BCUT2D eigenvalue weighted by Gasteiger charge is 2.16. The first-order valence-electron chi connectivity index (χ1n) is 9.36. The van der Waals surface area contributed by atoms with E-state index in [1.54, 1.807) is 12.1 Å². The number of benzene rings is 4. The van der Waals surface area contributed by atoms with E-state index in [0.717, 1.165) is 0 Å². The van der Waals surface area contributed by atoms with Gasteiger partial charge in [0.2, 0.25) is 0 Å². The van der Waals surface area contributed by atoms with Crippen molar-refractivity contribution in [1.82, 2.24) is 0 Å². The number of aryl methyl sites for hydroxylation is 2. The Labute approximate surface area is 169 Å². The van der Waals surface area contributed by atoms with Gasteiger partial charge in [0.25, 0.3) is 0 Å². The molecule has 28 heavy (non-hydrogen) atoms. The summed E-state index contributed by atoms with van der Waals surface area (Å²) in [6.07, 6.45) is 0. The first kappa shape index (κ1) is 19.9. The van der Waals surface area contributed by atoms with Crippen molar-refractivity contribution in [2.75, 3.05) is 0 Å². The third-order valence-electron chi connectivity index (χ3n) is 4.29. The molecule has 0 aliphatic heterocycles. The normalized spacial score (nSPS) is 10.2. The summed E-state index contributed by atoms with van der Waals surface area (Å²) in [6.45, 7) is 4.26. The van der Waals surface area contributed by atoms with Gasteiger partial charge in [0, 0.05) is 0 Å². The molecule has 0 aliphatic rings. The Morgan fingerprint density at radius 1 is 0.500 bits per heavy atom. The number of phenolic OH excluding ortho intramolecular Hbond substituents is 1. The molecule has 0 fully saturated rings. The van der Waals surface area contributed by atoms with E-state index >= 15 is 0 Å². The molecule has 2 heteroatoms. The fourth-order valence-electron chi connectivity index (χ4n) is 2.97. The summed E-state index contributed by atoms with van der Waals surface area (Å²) in [5.41, 5.74) is 2.55.